The summed E-state index contributed by atoms with van der Waals surface area (Å²) >= 11 is 2.29. The number of pyridine rings is 1. The van der Waals surface area contributed by atoms with Gasteiger partial charge in [0.2, 0.25) is 0 Å². The Hall–Kier alpha value is -1.43. The molecule has 3 rings (SSSR count). The van der Waals surface area contributed by atoms with E-state index in [2.05, 4.69) is 43.6 Å². The van der Waals surface area contributed by atoms with E-state index in [4.69, 9.17) is 0 Å². The first kappa shape index (κ1) is 9.77. The van der Waals surface area contributed by atoms with Crippen molar-refractivity contribution in [2.75, 3.05) is 0 Å². The molecule has 0 aliphatic rings. The minimum absolute atomic E-state index is 0.817. The highest BCUT2D eigenvalue weighted by molar-refractivity contribution is 14.1. The van der Waals surface area contributed by atoms with Crippen LogP contribution in [-0.2, 0) is 0 Å². The van der Waals surface area contributed by atoms with Crippen LogP contribution in [0.1, 0.15) is 0 Å². The molecule has 0 saturated heterocycles. The zero-order valence-electron chi connectivity index (χ0n) is 8.31. The quantitative estimate of drug-likeness (QED) is 0.699. The SMILES string of the molecule is Ic1ccc2nc(-c3ccccn3)[nH]c2c1. The van der Waals surface area contributed by atoms with Gasteiger partial charge >= 0.3 is 0 Å². The summed E-state index contributed by atoms with van der Waals surface area (Å²) < 4.78 is 1.20. The zero-order chi connectivity index (χ0) is 11.0. The van der Waals surface area contributed by atoms with Crippen LogP contribution < -0.4 is 0 Å². The molecule has 0 atom stereocenters. The minimum atomic E-state index is 0.817. The zero-order valence-corrected chi connectivity index (χ0v) is 10.5. The number of rotatable bonds is 1. The summed E-state index contributed by atoms with van der Waals surface area (Å²) in [6, 6.07) is 11.9. The summed E-state index contributed by atoms with van der Waals surface area (Å²) in [5, 5.41) is 0. The predicted octanol–water partition coefficient (Wildman–Crippen LogP) is 3.23. The van der Waals surface area contributed by atoms with E-state index in [9.17, 15) is 0 Å². The predicted molar refractivity (Wildman–Crippen MR) is 72.0 cm³/mol. The van der Waals surface area contributed by atoms with Crippen molar-refractivity contribution >= 4 is 33.6 Å². The van der Waals surface area contributed by atoms with Gasteiger partial charge in [0.1, 0.15) is 5.69 Å². The molecule has 0 amide bonds. The first-order valence-corrected chi connectivity index (χ1v) is 5.97. The number of benzene rings is 1. The number of hydrogen-bond donors (Lipinski definition) is 1. The molecule has 0 spiro atoms. The number of nitrogens with zero attached hydrogens (tertiary/aromatic N) is 2. The number of halogens is 1. The van der Waals surface area contributed by atoms with Crippen LogP contribution in [0.4, 0.5) is 0 Å². The van der Waals surface area contributed by atoms with Gasteiger partial charge < -0.3 is 4.98 Å². The standard InChI is InChI=1S/C12H8IN3/c13-8-4-5-9-11(7-8)16-12(15-9)10-3-1-2-6-14-10/h1-7H,(H,15,16). The monoisotopic (exact) mass is 321 g/mol. The van der Waals surface area contributed by atoms with Crippen molar-refractivity contribution in [2.24, 2.45) is 0 Å². The Kier molecular flexibility index (Phi) is 2.36. The average molecular weight is 321 g/mol. The van der Waals surface area contributed by atoms with Gasteiger partial charge in [-0.25, -0.2) is 4.98 Å². The molecule has 4 heteroatoms. The molecule has 3 aromatic rings. The average Bonchev–Trinajstić information content (AvgIpc) is 2.73. The highest BCUT2D eigenvalue weighted by atomic mass is 127. The second-order valence-corrected chi connectivity index (χ2v) is 4.71. The number of aromatic amines is 1. The molecule has 0 radical (unpaired) electrons. The first-order chi connectivity index (χ1) is 7.83. The first-order valence-electron chi connectivity index (χ1n) is 4.89. The molecular formula is C12H8IN3. The van der Waals surface area contributed by atoms with Gasteiger partial charge in [-0.3, -0.25) is 4.98 Å². The van der Waals surface area contributed by atoms with E-state index in [-0.39, 0.29) is 0 Å². The van der Waals surface area contributed by atoms with Crippen molar-refractivity contribution in [3.63, 3.8) is 0 Å². The second-order valence-electron chi connectivity index (χ2n) is 3.46. The summed E-state index contributed by atoms with van der Waals surface area (Å²) in [6.07, 6.45) is 1.77. The van der Waals surface area contributed by atoms with Crippen molar-refractivity contribution in [1.82, 2.24) is 15.0 Å². The molecule has 0 unspecified atom stereocenters. The maximum absolute atomic E-state index is 4.50. The number of nitrogens with one attached hydrogen (secondary N) is 1. The van der Waals surface area contributed by atoms with Crippen molar-refractivity contribution in [2.45, 2.75) is 0 Å². The lowest BCUT2D eigenvalue weighted by molar-refractivity contribution is 1.24. The Balaban J connectivity index is 2.19. The Morgan fingerprint density at radius 1 is 1.12 bits per heavy atom. The number of fused-ring (bicyclic) bond motifs is 1. The molecule has 1 N–H and O–H groups in total. The van der Waals surface area contributed by atoms with E-state index in [1.807, 2.05) is 30.3 Å². The van der Waals surface area contributed by atoms with E-state index in [1.165, 1.54) is 3.57 Å². The van der Waals surface area contributed by atoms with Gasteiger partial charge in [-0.05, 0) is 52.9 Å². The van der Waals surface area contributed by atoms with Crippen LogP contribution in [0.25, 0.3) is 22.6 Å². The van der Waals surface area contributed by atoms with Gasteiger partial charge in [0, 0.05) is 9.77 Å². The van der Waals surface area contributed by atoms with Crippen molar-refractivity contribution in [3.8, 4) is 11.5 Å². The van der Waals surface area contributed by atoms with E-state index in [0.29, 0.717) is 0 Å². The van der Waals surface area contributed by atoms with E-state index >= 15 is 0 Å². The molecule has 0 saturated carbocycles. The Bertz CT molecular complexity index is 631. The summed E-state index contributed by atoms with van der Waals surface area (Å²) in [5.74, 6) is 0.817. The fourth-order valence-corrected chi connectivity index (χ4v) is 2.10. The minimum Gasteiger partial charge on any atom is -0.337 e. The van der Waals surface area contributed by atoms with Crippen LogP contribution in [-0.4, -0.2) is 15.0 Å². The maximum Gasteiger partial charge on any atom is 0.157 e. The molecule has 1 aromatic carbocycles. The lowest BCUT2D eigenvalue weighted by atomic mass is 10.3. The number of hydrogen-bond acceptors (Lipinski definition) is 2. The second kappa shape index (κ2) is 3.86. The highest BCUT2D eigenvalue weighted by Gasteiger charge is 2.05. The molecule has 3 nitrogen and oxygen atoms in total. The van der Waals surface area contributed by atoms with E-state index < -0.39 is 0 Å². The Labute approximate surface area is 106 Å². The van der Waals surface area contributed by atoms with Crippen LogP contribution >= 0.6 is 22.6 Å². The van der Waals surface area contributed by atoms with Crippen LogP contribution in [0, 0.1) is 3.57 Å². The molecular weight excluding hydrogens is 313 g/mol. The third kappa shape index (κ3) is 1.69. The van der Waals surface area contributed by atoms with Gasteiger partial charge in [0.05, 0.1) is 11.0 Å². The lowest BCUT2D eigenvalue weighted by Gasteiger charge is -1.92. The van der Waals surface area contributed by atoms with Gasteiger partial charge in [-0.15, -0.1) is 0 Å². The Morgan fingerprint density at radius 3 is 2.88 bits per heavy atom. The fourth-order valence-electron chi connectivity index (χ4n) is 1.61. The summed E-state index contributed by atoms with van der Waals surface area (Å²) in [5.41, 5.74) is 2.89. The summed E-state index contributed by atoms with van der Waals surface area (Å²) in [4.78, 5) is 12.0. The lowest BCUT2D eigenvalue weighted by Crippen LogP contribution is -1.82. The summed E-state index contributed by atoms with van der Waals surface area (Å²) in [7, 11) is 0. The molecule has 2 heterocycles. The third-order valence-electron chi connectivity index (χ3n) is 2.35. The molecule has 0 fully saturated rings. The molecule has 78 valence electrons. The van der Waals surface area contributed by atoms with Crippen molar-refractivity contribution < 1.29 is 0 Å². The van der Waals surface area contributed by atoms with E-state index in [0.717, 1.165) is 22.6 Å². The van der Waals surface area contributed by atoms with Gasteiger partial charge in [0.25, 0.3) is 0 Å². The maximum atomic E-state index is 4.50. The molecule has 2 aromatic heterocycles. The number of H-pyrrole nitrogens is 1. The molecule has 16 heavy (non-hydrogen) atoms. The van der Waals surface area contributed by atoms with Crippen LogP contribution in [0.15, 0.2) is 42.6 Å². The molecule has 0 bridgehead atoms. The van der Waals surface area contributed by atoms with Crippen molar-refractivity contribution in [1.29, 1.82) is 0 Å². The van der Waals surface area contributed by atoms with Gasteiger partial charge in [-0.1, -0.05) is 6.07 Å². The number of aromatic nitrogens is 3. The third-order valence-corrected chi connectivity index (χ3v) is 3.02. The summed E-state index contributed by atoms with van der Waals surface area (Å²) in [6.45, 7) is 0. The Morgan fingerprint density at radius 2 is 2.06 bits per heavy atom. The topological polar surface area (TPSA) is 41.6 Å². The van der Waals surface area contributed by atoms with Crippen LogP contribution in [0.5, 0.6) is 0 Å². The van der Waals surface area contributed by atoms with Crippen LogP contribution in [0.3, 0.4) is 0 Å². The fraction of sp³-hybridized carbons (Fsp3) is 0. The normalized spacial score (nSPS) is 10.8. The molecule has 0 aliphatic heterocycles. The van der Waals surface area contributed by atoms with Gasteiger partial charge in [0.15, 0.2) is 5.82 Å². The van der Waals surface area contributed by atoms with Gasteiger partial charge in [-0.2, -0.15) is 0 Å². The van der Waals surface area contributed by atoms with Crippen LogP contribution in [0.2, 0.25) is 0 Å². The van der Waals surface area contributed by atoms with E-state index in [1.54, 1.807) is 6.20 Å². The largest absolute Gasteiger partial charge is 0.337 e. The smallest absolute Gasteiger partial charge is 0.157 e. The van der Waals surface area contributed by atoms with Crippen molar-refractivity contribution in [3.05, 3.63) is 46.2 Å². The highest BCUT2D eigenvalue weighted by Crippen LogP contribution is 2.20. The molecule has 0 aliphatic carbocycles. The number of imidazole rings is 1.